The summed E-state index contributed by atoms with van der Waals surface area (Å²) >= 11 is 6.33. The topological polar surface area (TPSA) is 20.2 Å². The molecule has 3 rings (SSSR count). The first kappa shape index (κ1) is 11.5. The summed E-state index contributed by atoms with van der Waals surface area (Å²) in [6, 6.07) is 15.9. The van der Waals surface area contributed by atoms with Crippen LogP contribution in [0.3, 0.4) is 0 Å². The summed E-state index contributed by atoms with van der Waals surface area (Å²) in [5, 5.41) is 10.7. The van der Waals surface area contributed by atoms with E-state index in [4.69, 9.17) is 11.6 Å². The molecule has 0 saturated heterocycles. The number of halogens is 1. The average molecular weight is 257 g/mol. The van der Waals surface area contributed by atoms with Crippen molar-refractivity contribution in [3.8, 4) is 0 Å². The summed E-state index contributed by atoms with van der Waals surface area (Å²) in [7, 11) is 0. The molecule has 0 fully saturated rings. The zero-order valence-corrected chi connectivity index (χ0v) is 10.8. The molecule has 2 heteroatoms. The molecule has 1 N–H and O–H groups in total. The third-order valence-electron chi connectivity index (χ3n) is 3.39. The number of aliphatic hydroxyl groups excluding tert-OH is 1. The SMILES string of the molecule is Cc1cccc2c1C(c1ccccc1)=C(Cl)C2O. The molecule has 18 heavy (non-hydrogen) atoms. The van der Waals surface area contributed by atoms with Crippen molar-refractivity contribution in [1.82, 2.24) is 0 Å². The summed E-state index contributed by atoms with van der Waals surface area (Å²) in [4.78, 5) is 0. The highest BCUT2D eigenvalue weighted by atomic mass is 35.5. The van der Waals surface area contributed by atoms with E-state index >= 15 is 0 Å². The average Bonchev–Trinajstić information content (AvgIpc) is 2.65. The Hall–Kier alpha value is -1.57. The summed E-state index contributed by atoms with van der Waals surface area (Å²) in [6.07, 6.45) is -0.697. The van der Waals surface area contributed by atoms with Crippen molar-refractivity contribution < 1.29 is 5.11 Å². The van der Waals surface area contributed by atoms with Gasteiger partial charge in [0.2, 0.25) is 0 Å². The van der Waals surface area contributed by atoms with Gasteiger partial charge in [-0.25, -0.2) is 0 Å². The molecule has 1 atom stereocenters. The smallest absolute Gasteiger partial charge is 0.116 e. The van der Waals surface area contributed by atoms with Crippen molar-refractivity contribution in [2.75, 3.05) is 0 Å². The molecule has 2 aromatic rings. The summed E-state index contributed by atoms with van der Waals surface area (Å²) in [5.41, 5.74) is 5.12. The molecule has 0 aromatic heterocycles. The quantitative estimate of drug-likeness (QED) is 0.816. The molecule has 0 amide bonds. The minimum Gasteiger partial charge on any atom is -0.383 e. The van der Waals surface area contributed by atoms with Crippen molar-refractivity contribution >= 4 is 17.2 Å². The molecule has 0 aliphatic heterocycles. The monoisotopic (exact) mass is 256 g/mol. The van der Waals surface area contributed by atoms with Crippen molar-refractivity contribution in [3.63, 3.8) is 0 Å². The van der Waals surface area contributed by atoms with Gasteiger partial charge in [0, 0.05) is 5.57 Å². The Labute approximate surface area is 111 Å². The Bertz CT molecular complexity index is 629. The van der Waals surface area contributed by atoms with E-state index in [2.05, 4.69) is 0 Å². The molecule has 1 aliphatic rings. The maximum atomic E-state index is 10.2. The molecule has 90 valence electrons. The Kier molecular flexibility index (Phi) is 2.73. The van der Waals surface area contributed by atoms with E-state index in [1.807, 2.05) is 55.5 Å². The number of aryl methyl sites for hydroxylation is 1. The largest absolute Gasteiger partial charge is 0.383 e. The standard InChI is InChI=1S/C16H13ClO/c1-10-6-5-9-12-13(10)14(15(17)16(12)18)11-7-3-2-4-8-11/h2-9,16,18H,1H3. The molecular formula is C16H13ClO. The van der Waals surface area contributed by atoms with Crippen LogP contribution in [0.4, 0.5) is 0 Å². The Balaban J connectivity index is 2.28. The fraction of sp³-hybridized carbons (Fsp3) is 0.125. The van der Waals surface area contributed by atoms with E-state index < -0.39 is 6.10 Å². The van der Waals surface area contributed by atoms with Gasteiger partial charge in [0.05, 0.1) is 5.03 Å². The normalized spacial score (nSPS) is 18.1. The fourth-order valence-electron chi connectivity index (χ4n) is 2.54. The van der Waals surface area contributed by atoms with Crippen LogP contribution in [-0.2, 0) is 0 Å². The number of hydrogen-bond donors (Lipinski definition) is 1. The lowest BCUT2D eigenvalue weighted by Crippen LogP contribution is -1.94. The minimum absolute atomic E-state index is 0.519. The van der Waals surface area contributed by atoms with Gasteiger partial charge < -0.3 is 5.11 Å². The van der Waals surface area contributed by atoms with Crippen LogP contribution in [0, 0.1) is 6.92 Å². The lowest BCUT2D eigenvalue weighted by atomic mass is 9.95. The highest BCUT2D eigenvalue weighted by molar-refractivity contribution is 6.35. The van der Waals surface area contributed by atoms with Gasteiger partial charge in [-0.05, 0) is 29.2 Å². The lowest BCUT2D eigenvalue weighted by Gasteiger charge is -2.09. The maximum Gasteiger partial charge on any atom is 0.116 e. The van der Waals surface area contributed by atoms with Crippen LogP contribution in [0.2, 0.25) is 0 Å². The number of fused-ring (bicyclic) bond motifs is 1. The van der Waals surface area contributed by atoms with E-state index in [0.29, 0.717) is 5.03 Å². The summed E-state index contributed by atoms with van der Waals surface area (Å²) in [6.45, 7) is 2.05. The van der Waals surface area contributed by atoms with Gasteiger partial charge >= 0.3 is 0 Å². The summed E-state index contributed by atoms with van der Waals surface area (Å²) < 4.78 is 0. The van der Waals surface area contributed by atoms with Gasteiger partial charge in [-0.3, -0.25) is 0 Å². The number of benzene rings is 2. The molecule has 1 aliphatic carbocycles. The first-order valence-corrected chi connectivity index (χ1v) is 6.31. The predicted molar refractivity (Wildman–Crippen MR) is 74.5 cm³/mol. The van der Waals surface area contributed by atoms with Crippen LogP contribution in [0.15, 0.2) is 53.6 Å². The number of hydrogen-bond acceptors (Lipinski definition) is 1. The first-order chi connectivity index (χ1) is 8.70. The van der Waals surface area contributed by atoms with E-state index in [-0.39, 0.29) is 0 Å². The molecule has 0 spiro atoms. The van der Waals surface area contributed by atoms with Gasteiger partial charge in [-0.15, -0.1) is 0 Å². The molecular weight excluding hydrogens is 244 g/mol. The highest BCUT2D eigenvalue weighted by Crippen LogP contribution is 2.46. The zero-order chi connectivity index (χ0) is 12.7. The van der Waals surface area contributed by atoms with Crippen LogP contribution < -0.4 is 0 Å². The van der Waals surface area contributed by atoms with Crippen molar-refractivity contribution in [2.45, 2.75) is 13.0 Å². The van der Waals surface area contributed by atoms with Gasteiger partial charge in [-0.2, -0.15) is 0 Å². The van der Waals surface area contributed by atoms with Crippen molar-refractivity contribution in [1.29, 1.82) is 0 Å². The molecule has 0 bridgehead atoms. The number of rotatable bonds is 1. The third-order valence-corrected chi connectivity index (χ3v) is 3.79. The zero-order valence-electron chi connectivity index (χ0n) is 10.0. The third kappa shape index (κ3) is 1.59. The van der Waals surface area contributed by atoms with Gasteiger partial charge in [0.1, 0.15) is 6.10 Å². The molecule has 1 nitrogen and oxygen atoms in total. The minimum atomic E-state index is -0.697. The van der Waals surface area contributed by atoms with Crippen LogP contribution >= 0.6 is 11.6 Å². The van der Waals surface area contributed by atoms with Crippen LogP contribution in [0.1, 0.15) is 28.4 Å². The van der Waals surface area contributed by atoms with Gasteiger partial charge in [-0.1, -0.05) is 60.1 Å². The lowest BCUT2D eigenvalue weighted by molar-refractivity contribution is 0.227. The molecule has 2 aromatic carbocycles. The maximum absolute atomic E-state index is 10.2. The molecule has 0 saturated carbocycles. The van der Waals surface area contributed by atoms with E-state index in [0.717, 1.165) is 27.8 Å². The Morgan fingerprint density at radius 3 is 2.44 bits per heavy atom. The van der Waals surface area contributed by atoms with Crippen LogP contribution in [-0.4, -0.2) is 5.11 Å². The predicted octanol–water partition coefficient (Wildman–Crippen LogP) is 4.04. The van der Waals surface area contributed by atoms with Crippen LogP contribution in [0.25, 0.3) is 5.57 Å². The summed E-state index contributed by atoms with van der Waals surface area (Å²) in [5.74, 6) is 0. The van der Waals surface area contributed by atoms with E-state index in [1.54, 1.807) is 0 Å². The second-order valence-electron chi connectivity index (χ2n) is 4.53. The highest BCUT2D eigenvalue weighted by Gasteiger charge is 2.30. The Morgan fingerprint density at radius 1 is 1.00 bits per heavy atom. The fourth-order valence-corrected chi connectivity index (χ4v) is 2.86. The first-order valence-electron chi connectivity index (χ1n) is 5.93. The molecule has 1 unspecified atom stereocenters. The van der Waals surface area contributed by atoms with E-state index in [9.17, 15) is 5.11 Å². The Morgan fingerprint density at radius 2 is 1.72 bits per heavy atom. The van der Waals surface area contributed by atoms with Crippen LogP contribution in [0.5, 0.6) is 0 Å². The second kappa shape index (κ2) is 4.27. The number of aliphatic hydroxyl groups is 1. The van der Waals surface area contributed by atoms with Crippen molar-refractivity contribution in [3.05, 3.63) is 75.8 Å². The van der Waals surface area contributed by atoms with Gasteiger partial charge in [0.25, 0.3) is 0 Å². The van der Waals surface area contributed by atoms with Gasteiger partial charge in [0.15, 0.2) is 0 Å². The van der Waals surface area contributed by atoms with Crippen molar-refractivity contribution in [2.24, 2.45) is 0 Å². The van der Waals surface area contributed by atoms with E-state index in [1.165, 1.54) is 0 Å². The molecule has 0 heterocycles. The molecule has 0 radical (unpaired) electrons. The second-order valence-corrected chi connectivity index (χ2v) is 4.94.